The average Bonchev–Trinajstić information content (AvgIpc) is 2.76. The van der Waals surface area contributed by atoms with Gasteiger partial charge in [-0.2, -0.15) is 0 Å². The van der Waals surface area contributed by atoms with Gasteiger partial charge in [-0.3, -0.25) is 0 Å². The Morgan fingerprint density at radius 3 is 1.48 bits per heavy atom. The van der Waals surface area contributed by atoms with Crippen molar-refractivity contribution in [3.8, 4) is 11.8 Å². The van der Waals surface area contributed by atoms with Crippen LogP contribution >= 0.6 is 0 Å². The lowest BCUT2D eigenvalue weighted by Crippen LogP contribution is -1.76. The van der Waals surface area contributed by atoms with Gasteiger partial charge in [0.05, 0.1) is 6.61 Å². The fourth-order valence-electron chi connectivity index (χ4n) is 2.32. The molecule has 0 aromatic carbocycles. The molecule has 2 nitrogen and oxygen atoms in total. The molecule has 0 unspecified atom stereocenters. The predicted octanol–water partition coefficient (Wildman–Crippen LogP) is 8.10. The zero-order chi connectivity index (χ0) is 22.4. The zero-order valence-electron chi connectivity index (χ0n) is 19.6. The third-order valence-corrected chi connectivity index (χ3v) is 3.92. The number of aliphatic hydroxyl groups is 2. The van der Waals surface area contributed by atoms with Crippen molar-refractivity contribution in [2.45, 2.75) is 98.3 Å². The van der Waals surface area contributed by atoms with E-state index in [2.05, 4.69) is 80.4 Å². The van der Waals surface area contributed by atoms with Crippen LogP contribution in [0.4, 0.5) is 0 Å². The van der Waals surface area contributed by atoms with Crippen LogP contribution in [0.2, 0.25) is 0 Å². The molecule has 31 heavy (non-hydrogen) atoms. The van der Waals surface area contributed by atoms with Gasteiger partial charge in [-0.15, -0.1) is 11.8 Å². The molecule has 0 saturated carbocycles. The van der Waals surface area contributed by atoms with E-state index >= 15 is 0 Å². The Balaban J connectivity index is -0.000000490. The summed E-state index contributed by atoms with van der Waals surface area (Å²) in [5, 5.41) is 17.0. The highest BCUT2D eigenvalue weighted by atomic mass is 16.3. The summed E-state index contributed by atoms with van der Waals surface area (Å²) in [6.07, 6.45) is 34.3. The monoisotopic (exact) mass is 430 g/mol. The first kappa shape index (κ1) is 33.8. The average molecular weight is 431 g/mol. The molecule has 0 saturated heterocycles. The minimum Gasteiger partial charge on any atom is -0.396 e. The van der Waals surface area contributed by atoms with E-state index < -0.39 is 0 Å². The van der Waals surface area contributed by atoms with E-state index in [4.69, 9.17) is 10.2 Å². The van der Waals surface area contributed by atoms with Crippen LogP contribution in [0.5, 0.6) is 0 Å². The van der Waals surface area contributed by atoms with Crippen LogP contribution in [0, 0.1) is 11.8 Å². The highest BCUT2D eigenvalue weighted by Gasteiger charge is 1.81. The summed E-state index contributed by atoms with van der Waals surface area (Å²) >= 11 is 0. The molecular weight excluding hydrogens is 380 g/mol. The van der Waals surface area contributed by atoms with Crippen LogP contribution in [0.1, 0.15) is 98.3 Å². The summed E-state index contributed by atoms with van der Waals surface area (Å²) in [5.74, 6) is 5.96. The highest BCUT2D eigenvalue weighted by molar-refractivity contribution is 4.99. The van der Waals surface area contributed by atoms with E-state index in [1.165, 1.54) is 6.42 Å². The molecule has 0 fully saturated rings. The Morgan fingerprint density at radius 2 is 0.968 bits per heavy atom. The molecule has 0 aliphatic heterocycles. The Morgan fingerprint density at radius 1 is 0.516 bits per heavy atom. The Labute approximate surface area is 194 Å². The SMILES string of the molecule is C.CC/C=C\C/C=C\CCC/C=C/CCO.CC/C=C\C/C=C\CCCC#CCCO. The van der Waals surface area contributed by atoms with E-state index in [1.54, 1.807) is 0 Å². The number of allylic oxidation sites excluding steroid dienone is 9. The predicted molar refractivity (Wildman–Crippen MR) is 141 cm³/mol. The van der Waals surface area contributed by atoms with E-state index in [0.29, 0.717) is 6.42 Å². The van der Waals surface area contributed by atoms with Crippen molar-refractivity contribution in [1.82, 2.24) is 0 Å². The highest BCUT2D eigenvalue weighted by Crippen LogP contribution is 2.00. The molecule has 0 aliphatic carbocycles. The molecule has 0 radical (unpaired) electrons. The zero-order valence-corrected chi connectivity index (χ0v) is 19.6. The first-order valence-corrected chi connectivity index (χ1v) is 11.8. The topological polar surface area (TPSA) is 40.5 Å². The fraction of sp³-hybridized carbons (Fsp3) is 0.586. The fourth-order valence-corrected chi connectivity index (χ4v) is 2.32. The molecule has 0 rings (SSSR count). The maximum absolute atomic E-state index is 8.54. The summed E-state index contributed by atoms with van der Waals surface area (Å²) in [6.45, 7) is 4.74. The lowest BCUT2D eigenvalue weighted by molar-refractivity contribution is 0.302. The summed E-state index contributed by atoms with van der Waals surface area (Å²) in [5.41, 5.74) is 0. The molecule has 0 aromatic heterocycles. The molecule has 0 atom stereocenters. The van der Waals surface area contributed by atoms with E-state index in [-0.39, 0.29) is 20.6 Å². The van der Waals surface area contributed by atoms with E-state index in [9.17, 15) is 0 Å². The van der Waals surface area contributed by atoms with Gasteiger partial charge in [-0.1, -0.05) is 82.0 Å². The van der Waals surface area contributed by atoms with Gasteiger partial charge in [-0.05, 0) is 64.2 Å². The number of rotatable bonds is 16. The second kappa shape index (κ2) is 35.6. The molecule has 178 valence electrons. The Kier molecular flexibility index (Phi) is 38.8. The maximum Gasteiger partial charge on any atom is 0.0540 e. The van der Waals surface area contributed by atoms with Gasteiger partial charge in [0, 0.05) is 19.4 Å². The van der Waals surface area contributed by atoms with Crippen LogP contribution in [0.25, 0.3) is 0 Å². The van der Waals surface area contributed by atoms with Crippen molar-refractivity contribution in [3.05, 3.63) is 60.8 Å². The lowest BCUT2D eigenvalue weighted by atomic mass is 10.2. The van der Waals surface area contributed by atoms with Crippen molar-refractivity contribution in [1.29, 1.82) is 0 Å². The Hall–Kier alpha value is -1.82. The van der Waals surface area contributed by atoms with Gasteiger partial charge in [-0.25, -0.2) is 0 Å². The maximum atomic E-state index is 8.54. The van der Waals surface area contributed by atoms with Crippen molar-refractivity contribution in [3.63, 3.8) is 0 Å². The van der Waals surface area contributed by atoms with Crippen LogP contribution in [0.3, 0.4) is 0 Å². The molecule has 0 bridgehead atoms. The molecule has 0 spiro atoms. The van der Waals surface area contributed by atoms with E-state index in [1.807, 2.05) is 6.08 Å². The first-order valence-electron chi connectivity index (χ1n) is 11.8. The second-order valence-corrected chi connectivity index (χ2v) is 6.81. The molecular formula is C29H50O2. The van der Waals surface area contributed by atoms with Gasteiger partial charge in [0.1, 0.15) is 0 Å². The first-order chi connectivity index (χ1) is 14.8. The minimum atomic E-state index is 0. The molecule has 2 heteroatoms. The standard InChI is InChI=1S/C14H24O.C14H22O.CH4/c2*1-2-3-4-5-6-7-8-9-10-11-12-13-14-15;/h3-4,6-7,11-12,15H,2,5,8-10,13-14H2,1H3;3-4,6-7,15H,2,5,8-10,13-14H2,1H3;1H4/b4-3-,7-6-,12-11+;4-3-,7-6-;. The van der Waals surface area contributed by atoms with Gasteiger partial charge in [0.25, 0.3) is 0 Å². The minimum absolute atomic E-state index is 0. The summed E-state index contributed by atoms with van der Waals surface area (Å²) in [4.78, 5) is 0. The third kappa shape index (κ3) is 39.3. The van der Waals surface area contributed by atoms with Gasteiger partial charge in [0.15, 0.2) is 0 Å². The van der Waals surface area contributed by atoms with Crippen LogP contribution < -0.4 is 0 Å². The second-order valence-electron chi connectivity index (χ2n) is 6.81. The van der Waals surface area contributed by atoms with Gasteiger partial charge < -0.3 is 10.2 Å². The number of hydrogen-bond acceptors (Lipinski definition) is 2. The summed E-state index contributed by atoms with van der Waals surface area (Å²) < 4.78 is 0. The van der Waals surface area contributed by atoms with E-state index in [0.717, 1.165) is 64.2 Å². The molecule has 0 aliphatic rings. The summed E-state index contributed by atoms with van der Waals surface area (Å²) in [7, 11) is 0. The van der Waals surface area contributed by atoms with Crippen LogP contribution in [-0.2, 0) is 0 Å². The van der Waals surface area contributed by atoms with Gasteiger partial charge >= 0.3 is 0 Å². The summed E-state index contributed by atoms with van der Waals surface area (Å²) in [6, 6.07) is 0. The smallest absolute Gasteiger partial charge is 0.0540 e. The number of aliphatic hydroxyl groups excluding tert-OH is 2. The molecule has 0 heterocycles. The Bertz CT molecular complexity index is 513. The quantitative estimate of drug-likeness (QED) is 0.147. The molecule has 0 aromatic rings. The number of hydrogen-bond donors (Lipinski definition) is 2. The van der Waals surface area contributed by atoms with Gasteiger partial charge in [0.2, 0.25) is 0 Å². The molecule has 0 amide bonds. The van der Waals surface area contributed by atoms with Crippen LogP contribution in [0.15, 0.2) is 60.8 Å². The van der Waals surface area contributed by atoms with Crippen molar-refractivity contribution in [2.24, 2.45) is 0 Å². The normalized spacial score (nSPS) is 11.2. The third-order valence-electron chi connectivity index (χ3n) is 3.92. The van der Waals surface area contributed by atoms with Crippen LogP contribution in [-0.4, -0.2) is 23.4 Å². The lowest BCUT2D eigenvalue weighted by Gasteiger charge is -1.90. The van der Waals surface area contributed by atoms with Crippen molar-refractivity contribution < 1.29 is 10.2 Å². The largest absolute Gasteiger partial charge is 0.396 e. The number of unbranched alkanes of at least 4 members (excludes halogenated alkanes) is 4. The van der Waals surface area contributed by atoms with Crippen molar-refractivity contribution in [2.75, 3.05) is 13.2 Å². The molecule has 2 N–H and O–H groups in total. The van der Waals surface area contributed by atoms with Crippen molar-refractivity contribution >= 4 is 0 Å².